The third-order valence-electron chi connectivity index (χ3n) is 6.40. The first-order valence-corrected chi connectivity index (χ1v) is 13.2. The smallest absolute Gasteiger partial charge is 0.410 e. The van der Waals surface area contributed by atoms with Crippen LogP contribution < -0.4 is 15.6 Å². The summed E-state index contributed by atoms with van der Waals surface area (Å²) < 4.78 is 16.8. The molecule has 1 fully saturated rings. The number of carbonyl (C=O) groups is 1. The van der Waals surface area contributed by atoms with Crippen LogP contribution in [0.1, 0.15) is 33.6 Å². The SMILES string of the molecule is C=CCn1c(=O)c2cnc(Nc3cnn(C)c3)nc2n1-c1cccc(OC2CCN(C(=O)OC(C)(C)C)CC2)c1. The Morgan fingerprint density at radius 2 is 2.00 bits per heavy atom. The van der Waals surface area contributed by atoms with Gasteiger partial charge >= 0.3 is 6.09 Å². The number of allylic oxidation sites excluding steroid dienone is 1. The van der Waals surface area contributed by atoms with Crippen LogP contribution in [0.2, 0.25) is 0 Å². The third kappa shape index (κ3) is 5.85. The van der Waals surface area contributed by atoms with Crippen LogP contribution in [0.5, 0.6) is 5.75 Å². The lowest BCUT2D eigenvalue weighted by Gasteiger charge is -2.33. The van der Waals surface area contributed by atoms with Gasteiger partial charge in [-0.25, -0.2) is 19.1 Å². The lowest BCUT2D eigenvalue weighted by atomic mass is 10.1. The number of ether oxygens (including phenoxy) is 2. The fourth-order valence-corrected chi connectivity index (χ4v) is 4.62. The van der Waals surface area contributed by atoms with Crippen molar-refractivity contribution in [1.29, 1.82) is 0 Å². The molecule has 1 N–H and O–H groups in total. The van der Waals surface area contributed by atoms with Gasteiger partial charge < -0.3 is 19.7 Å². The Bertz CT molecular complexity index is 1590. The van der Waals surface area contributed by atoms with Crippen molar-refractivity contribution in [3.63, 3.8) is 0 Å². The summed E-state index contributed by atoms with van der Waals surface area (Å²) in [5, 5.41) is 7.68. The molecule has 1 amide bonds. The average Bonchev–Trinajstić information content (AvgIpc) is 3.43. The van der Waals surface area contributed by atoms with Gasteiger partial charge in [-0.05, 0) is 32.9 Å². The highest BCUT2D eigenvalue weighted by atomic mass is 16.6. The summed E-state index contributed by atoms with van der Waals surface area (Å²) in [6, 6.07) is 7.54. The minimum Gasteiger partial charge on any atom is -0.490 e. The van der Waals surface area contributed by atoms with Crippen molar-refractivity contribution in [2.45, 2.75) is 51.9 Å². The molecular weight excluding hydrogens is 512 g/mol. The van der Waals surface area contributed by atoms with Crippen molar-refractivity contribution in [1.82, 2.24) is 34.0 Å². The number of hydrogen-bond donors (Lipinski definition) is 1. The summed E-state index contributed by atoms with van der Waals surface area (Å²) in [6.07, 6.45) is 7.69. The second-order valence-corrected chi connectivity index (χ2v) is 10.7. The van der Waals surface area contributed by atoms with Crippen LogP contribution >= 0.6 is 0 Å². The molecule has 4 heterocycles. The van der Waals surface area contributed by atoms with E-state index >= 15 is 0 Å². The molecule has 12 heteroatoms. The van der Waals surface area contributed by atoms with Gasteiger partial charge in [0, 0.05) is 51.4 Å². The number of nitrogens with zero attached hydrogens (tertiary/aromatic N) is 7. The van der Waals surface area contributed by atoms with Crippen LogP contribution in [0.25, 0.3) is 16.7 Å². The second kappa shape index (κ2) is 10.9. The molecule has 12 nitrogen and oxygen atoms in total. The molecular formula is C28H34N8O4. The van der Waals surface area contributed by atoms with Crippen LogP contribution in [0.4, 0.5) is 16.4 Å². The molecule has 0 bridgehead atoms. The van der Waals surface area contributed by atoms with Gasteiger partial charge in [-0.1, -0.05) is 12.1 Å². The number of benzene rings is 1. The van der Waals surface area contributed by atoms with E-state index in [-0.39, 0.29) is 24.3 Å². The summed E-state index contributed by atoms with van der Waals surface area (Å²) in [4.78, 5) is 36.4. The van der Waals surface area contributed by atoms with Crippen LogP contribution in [0.3, 0.4) is 0 Å². The zero-order chi connectivity index (χ0) is 28.4. The number of anilines is 2. The zero-order valence-electron chi connectivity index (χ0n) is 23.2. The molecule has 0 saturated carbocycles. The van der Waals surface area contributed by atoms with Gasteiger partial charge in [-0.15, -0.1) is 6.58 Å². The number of likely N-dealkylation sites (tertiary alicyclic amines) is 1. The molecule has 0 radical (unpaired) electrons. The topological polar surface area (TPSA) is 121 Å². The van der Waals surface area contributed by atoms with Gasteiger partial charge in [-0.2, -0.15) is 10.1 Å². The van der Waals surface area contributed by atoms with Crippen molar-refractivity contribution < 1.29 is 14.3 Å². The average molecular weight is 547 g/mol. The molecule has 0 unspecified atom stereocenters. The van der Waals surface area contributed by atoms with Gasteiger partial charge in [0.1, 0.15) is 22.8 Å². The van der Waals surface area contributed by atoms with Crippen LogP contribution in [0, 0.1) is 0 Å². The lowest BCUT2D eigenvalue weighted by molar-refractivity contribution is 0.0126. The van der Waals surface area contributed by atoms with E-state index in [1.807, 2.05) is 58.3 Å². The molecule has 3 aromatic heterocycles. The number of piperidine rings is 1. The van der Waals surface area contributed by atoms with E-state index in [1.54, 1.807) is 31.2 Å². The number of rotatable bonds is 7. The molecule has 0 atom stereocenters. The predicted molar refractivity (Wildman–Crippen MR) is 151 cm³/mol. The first-order valence-electron chi connectivity index (χ1n) is 13.2. The fraction of sp³-hybridized carbons (Fsp3) is 0.393. The minimum atomic E-state index is -0.527. The molecule has 0 aliphatic carbocycles. The number of amides is 1. The largest absolute Gasteiger partial charge is 0.490 e. The fourth-order valence-electron chi connectivity index (χ4n) is 4.62. The molecule has 1 saturated heterocycles. The van der Waals surface area contributed by atoms with Crippen LogP contribution in [0.15, 0.2) is 60.3 Å². The zero-order valence-corrected chi connectivity index (χ0v) is 23.2. The Morgan fingerprint density at radius 3 is 2.67 bits per heavy atom. The summed E-state index contributed by atoms with van der Waals surface area (Å²) in [7, 11) is 1.82. The van der Waals surface area contributed by atoms with Gasteiger partial charge in [0.05, 0.1) is 24.1 Å². The molecule has 5 rings (SSSR count). The molecule has 1 aliphatic rings. The van der Waals surface area contributed by atoms with Gasteiger partial charge in [-0.3, -0.25) is 9.48 Å². The van der Waals surface area contributed by atoms with Crippen molar-refractivity contribution in [2.75, 3.05) is 18.4 Å². The second-order valence-electron chi connectivity index (χ2n) is 10.7. The predicted octanol–water partition coefficient (Wildman–Crippen LogP) is 4.02. The third-order valence-corrected chi connectivity index (χ3v) is 6.40. The summed E-state index contributed by atoms with van der Waals surface area (Å²) in [6.45, 7) is 10.8. The highest BCUT2D eigenvalue weighted by Crippen LogP contribution is 2.25. The Morgan fingerprint density at radius 1 is 1.23 bits per heavy atom. The molecule has 0 spiro atoms. The number of hydrogen-bond acceptors (Lipinski definition) is 8. The van der Waals surface area contributed by atoms with Gasteiger partial charge in [0.15, 0.2) is 5.65 Å². The van der Waals surface area contributed by atoms with Crippen molar-refractivity contribution in [3.8, 4) is 11.4 Å². The first kappa shape index (κ1) is 27.0. The Labute approximate surface area is 231 Å². The maximum atomic E-state index is 13.3. The number of nitrogens with one attached hydrogen (secondary N) is 1. The molecule has 210 valence electrons. The van der Waals surface area contributed by atoms with E-state index in [4.69, 9.17) is 9.47 Å². The molecule has 40 heavy (non-hydrogen) atoms. The van der Waals surface area contributed by atoms with E-state index in [2.05, 4.69) is 27.0 Å². The van der Waals surface area contributed by atoms with Crippen LogP contribution in [-0.2, 0) is 18.3 Å². The Balaban J connectivity index is 1.39. The van der Waals surface area contributed by atoms with E-state index in [0.29, 0.717) is 54.3 Å². The quantitative estimate of drug-likeness (QED) is 0.345. The highest BCUT2D eigenvalue weighted by molar-refractivity contribution is 5.77. The maximum absolute atomic E-state index is 13.3. The number of carbonyl (C=O) groups excluding carboxylic acids is 1. The summed E-state index contributed by atoms with van der Waals surface area (Å²) in [5.41, 5.74) is 1.15. The summed E-state index contributed by atoms with van der Waals surface area (Å²) >= 11 is 0. The van der Waals surface area contributed by atoms with E-state index < -0.39 is 5.60 Å². The van der Waals surface area contributed by atoms with E-state index in [9.17, 15) is 9.59 Å². The number of fused-ring (bicyclic) bond motifs is 1. The number of aryl methyl sites for hydroxylation is 1. The normalized spacial score (nSPS) is 14.3. The minimum absolute atomic E-state index is 0.0525. The monoisotopic (exact) mass is 546 g/mol. The highest BCUT2D eigenvalue weighted by Gasteiger charge is 2.28. The van der Waals surface area contributed by atoms with Gasteiger partial charge in [0.25, 0.3) is 5.56 Å². The van der Waals surface area contributed by atoms with Crippen molar-refractivity contribution >= 4 is 28.8 Å². The molecule has 1 aliphatic heterocycles. The van der Waals surface area contributed by atoms with E-state index in [1.165, 1.54) is 6.20 Å². The first-order chi connectivity index (χ1) is 19.1. The Kier molecular flexibility index (Phi) is 7.33. The molecule has 1 aromatic carbocycles. The maximum Gasteiger partial charge on any atom is 0.410 e. The summed E-state index contributed by atoms with van der Waals surface area (Å²) in [5.74, 6) is 1.00. The van der Waals surface area contributed by atoms with Gasteiger partial charge in [0.2, 0.25) is 5.95 Å². The van der Waals surface area contributed by atoms with Crippen molar-refractivity contribution in [2.24, 2.45) is 7.05 Å². The van der Waals surface area contributed by atoms with Crippen LogP contribution in [-0.4, -0.2) is 64.9 Å². The molecule has 4 aromatic rings. The van der Waals surface area contributed by atoms with E-state index in [0.717, 1.165) is 5.69 Å². The lowest BCUT2D eigenvalue weighted by Crippen LogP contribution is -2.44. The standard InChI is InChI=1S/C28H34N8O4/c1-6-12-35-25(37)23-17-29-26(31-19-16-30-33(5)18-19)32-24(23)36(35)20-8-7-9-22(15-20)39-21-10-13-34(14-11-21)27(38)40-28(2,3)4/h6-9,15-18,21H,1,10-14H2,2-5H3,(H,29,31,32). The van der Waals surface area contributed by atoms with Crippen molar-refractivity contribution in [3.05, 3.63) is 65.9 Å². The number of aromatic nitrogens is 6. The Hall–Kier alpha value is -4.61.